The minimum atomic E-state index is -0.538. The number of hydrogen-bond acceptors (Lipinski definition) is 4. The Kier molecular flexibility index (Phi) is 4.99. The summed E-state index contributed by atoms with van der Waals surface area (Å²) in [6.07, 6.45) is -0.538. The summed E-state index contributed by atoms with van der Waals surface area (Å²) in [7, 11) is 0. The van der Waals surface area contributed by atoms with Gasteiger partial charge < -0.3 is 14.5 Å². The summed E-state index contributed by atoms with van der Waals surface area (Å²) in [5.41, 5.74) is 2.66. The molecule has 6 nitrogen and oxygen atoms in total. The average molecular weight is 338 g/mol. The number of fused-ring (bicyclic) bond motifs is 1. The topological polar surface area (TPSA) is 80.4 Å². The van der Waals surface area contributed by atoms with E-state index in [0.29, 0.717) is 18.0 Å². The first-order valence-corrected chi connectivity index (χ1v) is 7.93. The van der Waals surface area contributed by atoms with E-state index >= 15 is 0 Å². The molecule has 0 saturated carbocycles. The highest BCUT2D eigenvalue weighted by atomic mass is 16.5. The molecule has 0 unspecified atom stereocenters. The Labute approximate surface area is 144 Å². The Balaban J connectivity index is 1.65. The first-order valence-electron chi connectivity index (χ1n) is 7.93. The van der Waals surface area contributed by atoms with Gasteiger partial charge in [-0.3, -0.25) is 5.32 Å². The first-order chi connectivity index (χ1) is 12.2. The number of ether oxygens (including phenoxy) is 2. The minimum absolute atomic E-state index is 0.200. The van der Waals surface area contributed by atoms with Gasteiger partial charge >= 0.3 is 12.1 Å². The summed E-state index contributed by atoms with van der Waals surface area (Å²) < 4.78 is 10.2. The Morgan fingerprint density at radius 2 is 1.84 bits per heavy atom. The summed E-state index contributed by atoms with van der Waals surface area (Å²) in [5.74, 6) is -0.407. The predicted molar refractivity (Wildman–Crippen MR) is 94.5 cm³/mol. The molecule has 0 aliphatic rings. The smallest absolute Gasteiger partial charge is 0.411 e. The third-order valence-electron chi connectivity index (χ3n) is 3.58. The van der Waals surface area contributed by atoms with E-state index in [-0.39, 0.29) is 6.61 Å². The van der Waals surface area contributed by atoms with Crippen LogP contribution in [-0.2, 0) is 16.1 Å². The van der Waals surface area contributed by atoms with Crippen LogP contribution in [0.2, 0.25) is 0 Å². The average Bonchev–Trinajstić information content (AvgIpc) is 3.04. The van der Waals surface area contributed by atoms with Crippen molar-refractivity contribution in [2.75, 3.05) is 11.9 Å². The number of benzene rings is 2. The lowest BCUT2D eigenvalue weighted by molar-refractivity contribution is 0.0520. The van der Waals surface area contributed by atoms with Crippen LogP contribution >= 0.6 is 0 Å². The van der Waals surface area contributed by atoms with Crippen LogP contribution in [0.1, 0.15) is 23.0 Å². The summed E-state index contributed by atoms with van der Waals surface area (Å²) in [5, 5.41) is 3.47. The lowest BCUT2D eigenvalue weighted by Crippen LogP contribution is -2.13. The summed E-state index contributed by atoms with van der Waals surface area (Å²) in [6, 6.07) is 16.4. The number of carbonyl (C=O) groups excluding carboxylic acids is 2. The molecule has 1 heterocycles. The fraction of sp³-hybridized carbons (Fsp3) is 0.158. The highest BCUT2D eigenvalue weighted by Gasteiger charge is 2.11. The molecule has 6 heteroatoms. The molecule has 128 valence electrons. The van der Waals surface area contributed by atoms with E-state index in [9.17, 15) is 9.59 Å². The second kappa shape index (κ2) is 7.53. The van der Waals surface area contributed by atoms with Crippen molar-refractivity contribution in [2.45, 2.75) is 13.5 Å². The number of anilines is 1. The van der Waals surface area contributed by atoms with Gasteiger partial charge in [0.25, 0.3) is 0 Å². The molecule has 3 aromatic rings. The standard InChI is InChI=1S/C19H18N2O4/c1-2-24-18(22)17-11-14-10-15(8-9-16(14)21-17)20-19(23)25-12-13-6-4-3-5-7-13/h3-11,21H,2,12H2,1H3,(H,20,23). The van der Waals surface area contributed by atoms with E-state index in [0.717, 1.165) is 16.5 Å². The second-order valence-electron chi connectivity index (χ2n) is 5.39. The first kappa shape index (κ1) is 16.6. The molecular formula is C19H18N2O4. The van der Waals surface area contributed by atoms with Gasteiger partial charge in [0.05, 0.1) is 6.61 Å². The number of aromatic nitrogens is 1. The quantitative estimate of drug-likeness (QED) is 0.687. The Morgan fingerprint density at radius 3 is 2.60 bits per heavy atom. The summed E-state index contributed by atoms with van der Waals surface area (Å²) >= 11 is 0. The molecule has 0 spiro atoms. The van der Waals surface area contributed by atoms with Gasteiger partial charge in [0, 0.05) is 16.6 Å². The molecule has 2 aromatic carbocycles. The Bertz CT molecular complexity index is 887. The molecule has 0 aliphatic carbocycles. The molecule has 2 N–H and O–H groups in total. The molecule has 0 fully saturated rings. The minimum Gasteiger partial charge on any atom is -0.461 e. The van der Waals surface area contributed by atoms with Crippen molar-refractivity contribution in [1.82, 2.24) is 4.98 Å². The van der Waals surface area contributed by atoms with Crippen LogP contribution in [0.5, 0.6) is 0 Å². The predicted octanol–water partition coefficient (Wildman–Crippen LogP) is 4.09. The lowest BCUT2D eigenvalue weighted by Gasteiger charge is -2.07. The number of amides is 1. The fourth-order valence-corrected chi connectivity index (χ4v) is 2.41. The van der Waals surface area contributed by atoms with E-state index in [4.69, 9.17) is 9.47 Å². The molecule has 1 aromatic heterocycles. The van der Waals surface area contributed by atoms with E-state index in [1.807, 2.05) is 30.3 Å². The molecule has 3 rings (SSSR count). The van der Waals surface area contributed by atoms with Gasteiger partial charge in [0.15, 0.2) is 0 Å². The van der Waals surface area contributed by atoms with Gasteiger partial charge in [0.2, 0.25) is 0 Å². The summed E-state index contributed by atoms with van der Waals surface area (Å²) in [4.78, 5) is 26.6. The van der Waals surface area contributed by atoms with Crippen LogP contribution in [0.3, 0.4) is 0 Å². The van der Waals surface area contributed by atoms with Gasteiger partial charge in [-0.05, 0) is 36.8 Å². The zero-order chi connectivity index (χ0) is 17.6. The van der Waals surface area contributed by atoms with Gasteiger partial charge in [0.1, 0.15) is 12.3 Å². The molecule has 0 saturated heterocycles. The van der Waals surface area contributed by atoms with Crippen molar-refractivity contribution in [2.24, 2.45) is 0 Å². The maximum absolute atomic E-state index is 11.9. The third kappa shape index (κ3) is 4.17. The van der Waals surface area contributed by atoms with Crippen molar-refractivity contribution in [3.63, 3.8) is 0 Å². The highest BCUT2D eigenvalue weighted by molar-refractivity contribution is 5.97. The molecule has 1 amide bonds. The van der Waals surface area contributed by atoms with Crippen LogP contribution in [0.15, 0.2) is 54.6 Å². The molecule has 0 atom stereocenters. The van der Waals surface area contributed by atoms with Crippen LogP contribution in [0, 0.1) is 0 Å². The number of aromatic amines is 1. The number of nitrogens with one attached hydrogen (secondary N) is 2. The van der Waals surface area contributed by atoms with Gasteiger partial charge in [-0.2, -0.15) is 0 Å². The van der Waals surface area contributed by atoms with E-state index in [2.05, 4.69) is 10.3 Å². The maximum atomic E-state index is 11.9. The summed E-state index contributed by atoms with van der Waals surface area (Å²) in [6.45, 7) is 2.27. The van der Waals surface area contributed by atoms with E-state index in [1.54, 1.807) is 31.2 Å². The zero-order valence-corrected chi connectivity index (χ0v) is 13.7. The van der Waals surface area contributed by atoms with Crippen molar-refractivity contribution in [1.29, 1.82) is 0 Å². The van der Waals surface area contributed by atoms with Crippen molar-refractivity contribution < 1.29 is 19.1 Å². The van der Waals surface area contributed by atoms with Crippen LogP contribution in [-0.4, -0.2) is 23.7 Å². The normalized spacial score (nSPS) is 10.4. The number of carbonyl (C=O) groups is 2. The van der Waals surface area contributed by atoms with Crippen molar-refractivity contribution >= 4 is 28.7 Å². The van der Waals surface area contributed by atoms with Crippen LogP contribution in [0.25, 0.3) is 10.9 Å². The number of hydrogen-bond donors (Lipinski definition) is 2. The Morgan fingerprint density at radius 1 is 1.04 bits per heavy atom. The number of esters is 1. The van der Waals surface area contributed by atoms with Crippen LogP contribution in [0.4, 0.5) is 10.5 Å². The maximum Gasteiger partial charge on any atom is 0.411 e. The number of rotatable bonds is 5. The zero-order valence-electron chi connectivity index (χ0n) is 13.7. The van der Waals surface area contributed by atoms with Gasteiger partial charge in [-0.1, -0.05) is 30.3 Å². The highest BCUT2D eigenvalue weighted by Crippen LogP contribution is 2.21. The number of H-pyrrole nitrogens is 1. The largest absolute Gasteiger partial charge is 0.461 e. The van der Waals surface area contributed by atoms with E-state index < -0.39 is 12.1 Å². The molecule has 0 bridgehead atoms. The SMILES string of the molecule is CCOC(=O)c1cc2cc(NC(=O)OCc3ccccc3)ccc2[nH]1. The third-order valence-corrected chi connectivity index (χ3v) is 3.58. The fourth-order valence-electron chi connectivity index (χ4n) is 2.41. The van der Waals surface area contributed by atoms with Crippen molar-refractivity contribution in [3.05, 3.63) is 65.9 Å². The molecular weight excluding hydrogens is 320 g/mol. The lowest BCUT2D eigenvalue weighted by atomic mass is 10.2. The molecule has 0 radical (unpaired) electrons. The molecule has 25 heavy (non-hydrogen) atoms. The van der Waals surface area contributed by atoms with E-state index in [1.165, 1.54) is 0 Å². The van der Waals surface area contributed by atoms with Gasteiger partial charge in [-0.15, -0.1) is 0 Å². The monoisotopic (exact) mass is 338 g/mol. The van der Waals surface area contributed by atoms with Gasteiger partial charge in [-0.25, -0.2) is 9.59 Å². The molecule has 0 aliphatic heterocycles. The Hall–Kier alpha value is -3.28. The van der Waals surface area contributed by atoms with Crippen LogP contribution < -0.4 is 5.32 Å². The van der Waals surface area contributed by atoms with Crippen molar-refractivity contribution in [3.8, 4) is 0 Å². The second-order valence-corrected chi connectivity index (χ2v) is 5.39.